The smallest absolute Gasteiger partial charge is 0.441 e. The Morgan fingerprint density at radius 2 is 1.65 bits per heavy atom. The fraction of sp³-hybridized carbons (Fsp3) is 0.250. The summed E-state index contributed by atoms with van der Waals surface area (Å²) in [6, 6.07) is 12.1. The Morgan fingerprint density at radius 3 is 2.27 bits per heavy atom. The van der Waals surface area contributed by atoms with Crippen LogP contribution >= 0.6 is 0 Å². The van der Waals surface area contributed by atoms with E-state index in [0.717, 1.165) is 18.2 Å². The molecule has 0 saturated carbocycles. The van der Waals surface area contributed by atoms with Gasteiger partial charge in [0.15, 0.2) is 17.5 Å². The SMILES string of the molecule is CCOC(=O)C(Nc1ccc(/C(N)=N/C(=O)Oc2ccc(F)cc2)cc1)c1cc(OCC)c(OCCO)cc1F. The summed E-state index contributed by atoms with van der Waals surface area (Å²) in [5.74, 6) is -1.75. The lowest BCUT2D eigenvalue weighted by molar-refractivity contribution is -0.144. The minimum atomic E-state index is -1.26. The van der Waals surface area contributed by atoms with Gasteiger partial charge in [0.25, 0.3) is 0 Å². The van der Waals surface area contributed by atoms with Crippen LogP contribution in [0.1, 0.15) is 31.0 Å². The van der Waals surface area contributed by atoms with E-state index in [4.69, 9.17) is 29.8 Å². The number of anilines is 1. The average molecular weight is 558 g/mol. The molecule has 212 valence electrons. The second-order valence-electron chi connectivity index (χ2n) is 8.05. The maximum absolute atomic E-state index is 15.2. The van der Waals surface area contributed by atoms with E-state index < -0.39 is 29.7 Å². The number of amides is 1. The van der Waals surface area contributed by atoms with Gasteiger partial charge >= 0.3 is 12.1 Å². The van der Waals surface area contributed by atoms with Crippen LogP contribution in [0.4, 0.5) is 19.3 Å². The van der Waals surface area contributed by atoms with Gasteiger partial charge in [-0.15, -0.1) is 0 Å². The van der Waals surface area contributed by atoms with E-state index in [1.807, 2.05) is 0 Å². The van der Waals surface area contributed by atoms with E-state index in [2.05, 4.69) is 10.3 Å². The molecule has 0 radical (unpaired) electrons. The number of hydrogen-bond acceptors (Lipinski definition) is 8. The van der Waals surface area contributed by atoms with Gasteiger partial charge in [-0.25, -0.2) is 18.4 Å². The summed E-state index contributed by atoms with van der Waals surface area (Å²) < 4.78 is 49.3. The molecule has 4 N–H and O–H groups in total. The number of nitrogens with one attached hydrogen (secondary N) is 1. The number of nitrogens with zero attached hydrogens (tertiary/aromatic N) is 1. The van der Waals surface area contributed by atoms with Crippen molar-refractivity contribution in [3.8, 4) is 17.2 Å². The highest BCUT2D eigenvalue weighted by atomic mass is 19.1. The molecule has 3 aromatic carbocycles. The van der Waals surface area contributed by atoms with E-state index in [1.165, 1.54) is 30.3 Å². The van der Waals surface area contributed by atoms with Crippen LogP contribution in [-0.4, -0.2) is 49.4 Å². The summed E-state index contributed by atoms with van der Waals surface area (Å²) in [6.07, 6.45) is -0.999. The van der Waals surface area contributed by atoms with Crippen LogP contribution in [-0.2, 0) is 9.53 Å². The predicted octanol–water partition coefficient (Wildman–Crippen LogP) is 4.36. The fourth-order valence-electron chi connectivity index (χ4n) is 3.49. The van der Waals surface area contributed by atoms with E-state index in [0.29, 0.717) is 11.3 Å². The molecule has 0 aromatic heterocycles. The molecule has 0 bridgehead atoms. The highest BCUT2D eigenvalue weighted by Gasteiger charge is 2.27. The van der Waals surface area contributed by atoms with Gasteiger partial charge in [-0.2, -0.15) is 4.99 Å². The minimum Gasteiger partial charge on any atom is -0.490 e. The van der Waals surface area contributed by atoms with E-state index in [-0.39, 0.29) is 55.1 Å². The first kappa shape index (κ1) is 29.8. The first-order chi connectivity index (χ1) is 19.2. The molecule has 0 heterocycles. The number of amidine groups is 1. The van der Waals surface area contributed by atoms with Gasteiger partial charge < -0.3 is 35.1 Å². The van der Waals surface area contributed by atoms with Crippen molar-refractivity contribution in [1.29, 1.82) is 0 Å². The number of carbonyl (C=O) groups is 2. The lowest BCUT2D eigenvalue weighted by Crippen LogP contribution is -2.25. The zero-order valence-electron chi connectivity index (χ0n) is 21.9. The Labute approximate surface area is 229 Å². The predicted molar refractivity (Wildman–Crippen MR) is 143 cm³/mol. The zero-order chi connectivity index (χ0) is 29.1. The number of ether oxygens (including phenoxy) is 4. The molecule has 0 saturated heterocycles. The van der Waals surface area contributed by atoms with Crippen molar-refractivity contribution >= 4 is 23.6 Å². The summed E-state index contributed by atoms with van der Waals surface area (Å²) in [5.41, 5.74) is 6.64. The van der Waals surface area contributed by atoms with Crippen LogP contribution in [0, 0.1) is 11.6 Å². The highest BCUT2D eigenvalue weighted by molar-refractivity contribution is 6.03. The Kier molecular flexibility index (Phi) is 10.8. The van der Waals surface area contributed by atoms with E-state index >= 15 is 4.39 Å². The van der Waals surface area contributed by atoms with Crippen molar-refractivity contribution in [3.63, 3.8) is 0 Å². The molecular formula is C28H29F2N3O7. The van der Waals surface area contributed by atoms with E-state index in [9.17, 15) is 14.0 Å². The first-order valence-corrected chi connectivity index (χ1v) is 12.3. The third-order valence-corrected chi connectivity index (χ3v) is 5.27. The third kappa shape index (κ3) is 8.14. The van der Waals surface area contributed by atoms with Crippen molar-refractivity contribution in [2.45, 2.75) is 19.9 Å². The lowest BCUT2D eigenvalue weighted by Gasteiger charge is -2.21. The summed E-state index contributed by atoms with van der Waals surface area (Å²) >= 11 is 0. The Hall–Kier alpha value is -4.71. The third-order valence-electron chi connectivity index (χ3n) is 5.27. The molecular weight excluding hydrogens is 528 g/mol. The molecule has 1 unspecified atom stereocenters. The minimum absolute atomic E-state index is 0.0491. The zero-order valence-corrected chi connectivity index (χ0v) is 21.9. The number of benzene rings is 3. The van der Waals surface area contributed by atoms with Crippen molar-refractivity contribution in [3.05, 3.63) is 83.4 Å². The number of aliphatic imine (C=N–C) groups is 1. The number of nitrogens with two attached hydrogens (primary N) is 1. The van der Waals surface area contributed by atoms with Crippen molar-refractivity contribution in [1.82, 2.24) is 0 Å². The van der Waals surface area contributed by atoms with E-state index in [1.54, 1.807) is 26.0 Å². The summed E-state index contributed by atoms with van der Waals surface area (Å²) in [5, 5.41) is 12.0. The topological polar surface area (TPSA) is 142 Å². The molecule has 0 fully saturated rings. The molecule has 0 aliphatic rings. The standard InChI is InChI=1S/C28H29F2N3O7/c1-3-37-23-15-21(22(30)16-24(23)39-14-13-34)25(27(35)38-4-2)32-19-9-5-17(6-10-19)26(31)33-28(36)40-20-11-7-18(29)8-12-20/h5-12,15-16,25,32,34H,3-4,13-14H2,1-2H3,(H2,31,33,36). The summed E-state index contributed by atoms with van der Waals surface area (Å²) in [7, 11) is 0. The number of esters is 1. The monoisotopic (exact) mass is 557 g/mol. The molecule has 1 atom stereocenters. The second-order valence-corrected chi connectivity index (χ2v) is 8.05. The number of aliphatic hydroxyl groups is 1. The number of carbonyl (C=O) groups excluding carboxylic acids is 2. The lowest BCUT2D eigenvalue weighted by atomic mass is 10.0. The number of aliphatic hydroxyl groups excluding tert-OH is 1. The second kappa shape index (κ2) is 14.4. The summed E-state index contributed by atoms with van der Waals surface area (Å²) in [4.78, 5) is 28.6. The van der Waals surface area contributed by atoms with Gasteiger partial charge in [-0.3, -0.25) is 0 Å². The maximum Gasteiger partial charge on any atom is 0.441 e. The van der Waals surface area contributed by atoms with Crippen molar-refractivity contribution in [2.24, 2.45) is 10.7 Å². The average Bonchev–Trinajstić information content (AvgIpc) is 2.93. The number of hydrogen-bond donors (Lipinski definition) is 3. The maximum atomic E-state index is 15.2. The molecule has 3 rings (SSSR count). The van der Waals surface area contributed by atoms with Crippen LogP contribution in [0.2, 0.25) is 0 Å². The van der Waals surface area contributed by atoms with Gasteiger partial charge in [0.1, 0.15) is 29.8 Å². The van der Waals surface area contributed by atoms with Crippen LogP contribution < -0.4 is 25.3 Å². The molecule has 0 aliphatic carbocycles. The molecule has 3 aromatic rings. The van der Waals surface area contributed by atoms with Crippen LogP contribution in [0.5, 0.6) is 17.2 Å². The van der Waals surface area contributed by atoms with Crippen LogP contribution in [0.15, 0.2) is 65.7 Å². The largest absolute Gasteiger partial charge is 0.490 e. The Balaban J connectivity index is 1.82. The van der Waals surface area contributed by atoms with Gasteiger partial charge in [-0.1, -0.05) is 0 Å². The molecule has 0 aliphatic heterocycles. The first-order valence-electron chi connectivity index (χ1n) is 12.3. The fourth-order valence-corrected chi connectivity index (χ4v) is 3.49. The number of rotatable bonds is 12. The van der Waals surface area contributed by atoms with Crippen LogP contribution in [0.25, 0.3) is 0 Å². The molecule has 1 amide bonds. The van der Waals surface area contributed by atoms with Crippen molar-refractivity contribution in [2.75, 3.05) is 31.7 Å². The van der Waals surface area contributed by atoms with Gasteiger partial charge in [0.05, 0.1) is 19.8 Å². The van der Waals surface area contributed by atoms with Gasteiger partial charge in [0.2, 0.25) is 0 Å². The number of halogens is 2. The Bertz CT molecular complexity index is 1330. The van der Waals surface area contributed by atoms with Gasteiger partial charge in [-0.05, 0) is 68.4 Å². The Morgan fingerprint density at radius 1 is 0.975 bits per heavy atom. The van der Waals surface area contributed by atoms with Crippen LogP contribution in [0.3, 0.4) is 0 Å². The molecule has 0 spiro atoms. The molecule has 12 heteroatoms. The summed E-state index contributed by atoms with van der Waals surface area (Å²) in [6.45, 7) is 3.33. The normalized spacial score (nSPS) is 11.9. The highest BCUT2D eigenvalue weighted by Crippen LogP contribution is 2.35. The van der Waals surface area contributed by atoms with Crippen molar-refractivity contribution < 1.29 is 42.4 Å². The quantitative estimate of drug-likeness (QED) is 0.168. The molecule has 10 nitrogen and oxygen atoms in total. The molecule has 40 heavy (non-hydrogen) atoms. The van der Waals surface area contributed by atoms with Gasteiger partial charge in [0, 0.05) is 22.9 Å².